The van der Waals surface area contributed by atoms with Crippen LogP contribution in [0, 0.1) is 0 Å². The Labute approximate surface area is 106 Å². The summed E-state index contributed by atoms with van der Waals surface area (Å²) >= 11 is 1.93. The molecule has 0 bridgehead atoms. The van der Waals surface area contributed by atoms with Gasteiger partial charge in [-0.1, -0.05) is 58.8 Å². The molecule has 0 saturated carbocycles. The summed E-state index contributed by atoms with van der Waals surface area (Å²) in [6, 6.07) is 0. The molecule has 0 aromatic carbocycles. The van der Waals surface area contributed by atoms with E-state index in [0.29, 0.717) is 0 Å². The second kappa shape index (κ2) is 13.4. The lowest BCUT2D eigenvalue weighted by molar-refractivity contribution is 0.185. The fraction of sp³-hybridized carbons (Fsp3) is 1.00. The maximum atomic E-state index is 9.73. The van der Waals surface area contributed by atoms with Gasteiger partial charge in [0.15, 0.2) is 0 Å². The second-order valence-electron chi connectivity index (χ2n) is 4.64. The number of aliphatic hydroxyl groups excluding tert-OH is 1. The summed E-state index contributed by atoms with van der Waals surface area (Å²) < 4.78 is 0. The third kappa shape index (κ3) is 12.4. The van der Waals surface area contributed by atoms with Crippen LogP contribution in [-0.4, -0.2) is 22.7 Å². The standard InChI is InChI=1S/C14H30OS/c1-3-5-7-9-11-14(15)13-16-12-10-8-6-4-2/h14-15H,3-13H2,1-2H3. The second-order valence-corrected chi connectivity index (χ2v) is 5.79. The molecule has 0 aliphatic rings. The molecule has 98 valence electrons. The highest BCUT2D eigenvalue weighted by Gasteiger charge is 2.03. The van der Waals surface area contributed by atoms with E-state index < -0.39 is 0 Å². The molecule has 0 fully saturated rings. The zero-order valence-electron chi connectivity index (χ0n) is 11.2. The summed E-state index contributed by atoms with van der Waals surface area (Å²) in [5, 5.41) is 9.73. The molecule has 0 aliphatic carbocycles. The highest BCUT2D eigenvalue weighted by atomic mass is 32.2. The topological polar surface area (TPSA) is 20.2 Å². The van der Waals surface area contributed by atoms with Gasteiger partial charge in [-0.05, 0) is 18.6 Å². The third-order valence-corrected chi connectivity index (χ3v) is 4.04. The molecule has 1 atom stereocenters. The molecule has 1 N–H and O–H groups in total. The Hall–Kier alpha value is 0.310. The lowest BCUT2D eigenvalue weighted by Gasteiger charge is -2.09. The minimum atomic E-state index is -0.0620. The zero-order valence-corrected chi connectivity index (χ0v) is 12.0. The van der Waals surface area contributed by atoms with E-state index >= 15 is 0 Å². The molecule has 1 nitrogen and oxygen atoms in total. The van der Waals surface area contributed by atoms with Crippen LogP contribution in [0.15, 0.2) is 0 Å². The van der Waals surface area contributed by atoms with Crippen LogP contribution in [0.3, 0.4) is 0 Å². The van der Waals surface area contributed by atoms with E-state index in [2.05, 4.69) is 13.8 Å². The summed E-state index contributed by atoms with van der Waals surface area (Å²) in [6.07, 6.45) is 11.4. The van der Waals surface area contributed by atoms with E-state index in [4.69, 9.17) is 0 Å². The predicted octanol–water partition coefficient (Wildman–Crippen LogP) is 4.63. The first-order valence-electron chi connectivity index (χ1n) is 7.07. The lowest BCUT2D eigenvalue weighted by Crippen LogP contribution is -2.09. The van der Waals surface area contributed by atoms with Crippen molar-refractivity contribution in [3.05, 3.63) is 0 Å². The van der Waals surface area contributed by atoms with Crippen molar-refractivity contribution in [3.8, 4) is 0 Å². The van der Waals surface area contributed by atoms with E-state index in [1.807, 2.05) is 11.8 Å². The van der Waals surface area contributed by atoms with Crippen LogP contribution in [0.25, 0.3) is 0 Å². The molecule has 0 aromatic rings. The van der Waals surface area contributed by atoms with Crippen molar-refractivity contribution in [2.75, 3.05) is 11.5 Å². The average molecular weight is 246 g/mol. The van der Waals surface area contributed by atoms with Gasteiger partial charge in [-0.25, -0.2) is 0 Å². The fourth-order valence-electron chi connectivity index (χ4n) is 1.74. The Bertz CT molecular complexity index is 128. The van der Waals surface area contributed by atoms with Crippen LogP contribution in [-0.2, 0) is 0 Å². The zero-order chi connectivity index (χ0) is 12.1. The van der Waals surface area contributed by atoms with Crippen molar-refractivity contribution in [2.45, 2.75) is 77.7 Å². The molecule has 0 rings (SSSR count). The maximum absolute atomic E-state index is 9.73. The van der Waals surface area contributed by atoms with Gasteiger partial charge in [0.1, 0.15) is 0 Å². The Morgan fingerprint density at radius 3 is 2.12 bits per heavy atom. The average Bonchev–Trinajstić information content (AvgIpc) is 2.29. The SMILES string of the molecule is CCCCCCSCC(O)CCCCCC. The normalized spacial score (nSPS) is 12.9. The van der Waals surface area contributed by atoms with Gasteiger partial charge < -0.3 is 5.11 Å². The molecular formula is C14H30OS. The molecule has 0 aromatic heterocycles. The predicted molar refractivity (Wildman–Crippen MR) is 76.2 cm³/mol. The van der Waals surface area contributed by atoms with Gasteiger partial charge in [0.25, 0.3) is 0 Å². The Morgan fingerprint density at radius 1 is 0.875 bits per heavy atom. The Balaban J connectivity index is 3.08. The number of aliphatic hydroxyl groups is 1. The van der Waals surface area contributed by atoms with E-state index in [9.17, 15) is 5.11 Å². The van der Waals surface area contributed by atoms with E-state index in [0.717, 1.165) is 12.2 Å². The molecule has 1 unspecified atom stereocenters. The first-order valence-corrected chi connectivity index (χ1v) is 8.22. The minimum Gasteiger partial charge on any atom is -0.392 e. The van der Waals surface area contributed by atoms with E-state index in [-0.39, 0.29) is 6.10 Å². The number of hydrogen-bond donors (Lipinski definition) is 1. The van der Waals surface area contributed by atoms with E-state index in [1.54, 1.807) is 0 Å². The number of hydrogen-bond acceptors (Lipinski definition) is 2. The fourth-order valence-corrected chi connectivity index (χ4v) is 2.75. The highest BCUT2D eigenvalue weighted by molar-refractivity contribution is 7.99. The summed E-state index contributed by atoms with van der Waals surface area (Å²) in [7, 11) is 0. The van der Waals surface area contributed by atoms with Gasteiger partial charge in [0.2, 0.25) is 0 Å². The molecule has 0 amide bonds. The lowest BCUT2D eigenvalue weighted by atomic mass is 10.1. The summed E-state index contributed by atoms with van der Waals surface area (Å²) in [4.78, 5) is 0. The van der Waals surface area contributed by atoms with Crippen LogP contribution in [0.5, 0.6) is 0 Å². The van der Waals surface area contributed by atoms with Gasteiger partial charge >= 0.3 is 0 Å². The molecular weight excluding hydrogens is 216 g/mol. The molecule has 16 heavy (non-hydrogen) atoms. The summed E-state index contributed by atoms with van der Waals surface area (Å²) in [5.41, 5.74) is 0. The largest absolute Gasteiger partial charge is 0.392 e. The van der Waals surface area contributed by atoms with Crippen molar-refractivity contribution in [2.24, 2.45) is 0 Å². The molecule has 0 radical (unpaired) electrons. The monoisotopic (exact) mass is 246 g/mol. The highest BCUT2D eigenvalue weighted by Crippen LogP contribution is 2.12. The molecule has 0 aliphatic heterocycles. The third-order valence-electron chi connectivity index (χ3n) is 2.84. The molecule has 0 spiro atoms. The maximum Gasteiger partial charge on any atom is 0.0630 e. The van der Waals surface area contributed by atoms with Crippen LogP contribution in [0.2, 0.25) is 0 Å². The van der Waals surface area contributed by atoms with Crippen molar-refractivity contribution in [3.63, 3.8) is 0 Å². The van der Waals surface area contributed by atoms with Crippen molar-refractivity contribution in [1.29, 1.82) is 0 Å². The van der Waals surface area contributed by atoms with Crippen molar-refractivity contribution < 1.29 is 5.11 Å². The molecule has 2 heteroatoms. The molecule has 0 saturated heterocycles. The van der Waals surface area contributed by atoms with Crippen LogP contribution >= 0.6 is 11.8 Å². The van der Waals surface area contributed by atoms with Gasteiger partial charge in [-0.3, -0.25) is 0 Å². The van der Waals surface area contributed by atoms with Gasteiger partial charge in [0, 0.05) is 5.75 Å². The number of unbranched alkanes of at least 4 members (excludes halogenated alkanes) is 6. The van der Waals surface area contributed by atoms with Crippen LogP contribution in [0.1, 0.15) is 71.6 Å². The Morgan fingerprint density at radius 2 is 1.50 bits per heavy atom. The quantitative estimate of drug-likeness (QED) is 0.507. The van der Waals surface area contributed by atoms with Gasteiger partial charge in [-0.15, -0.1) is 0 Å². The van der Waals surface area contributed by atoms with Crippen molar-refractivity contribution in [1.82, 2.24) is 0 Å². The van der Waals surface area contributed by atoms with Gasteiger partial charge in [-0.2, -0.15) is 11.8 Å². The van der Waals surface area contributed by atoms with Crippen LogP contribution < -0.4 is 0 Å². The van der Waals surface area contributed by atoms with Crippen molar-refractivity contribution >= 4 is 11.8 Å². The first-order chi connectivity index (χ1) is 7.81. The van der Waals surface area contributed by atoms with E-state index in [1.165, 1.54) is 57.1 Å². The summed E-state index contributed by atoms with van der Waals surface area (Å²) in [6.45, 7) is 4.47. The van der Waals surface area contributed by atoms with Gasteiger partial charge in [0.05, 0.1) is 6.10 Å². The number of thioether (sulfide) groups is 1. The minimum absolute atomic E-state index is 0.0620. The van der Waals surface area contributed by atoms with Crippen LogP contribution in [0.4, 0.5) is 0 Å². The number of rotatable bonds is 12. The molecule has 0 heterocycles. The Kier molecular flexibility index (Phi) is 13.6. The first kappa shape index (κ1) is 16.3. The smallest absolute Gasteiger partial charge is 0.0630 e. The summed E-state index contributed by atoms with van der Waals surface area (Å²) in [5.74, 6) is 2.17.